The van der Waals surface area contributed by atoms with Gasteiger partial charge < -0.3 is 20.3 Å². The number of aliphatic hydroxyl groups is 1. The van der Waals surface area contributed by atoms with Crippen molar-refractivity contribution < 1.29 is 47.3 Å². The fourth-order valence-electron chi connectivity index (χ4n) is 5.26. The van der Waals surface area contributed by atoms with E-state index in [-0.39, 0.29) is 69.5 Å². The molecule has 0 radical (unpaired) electrons. The lowest BCUT2D eigenvalue weighted by Gasteiger charge is -2.14. The van der Waals surface area contributed by atoms with E-state index in [9.17, 15) is 38.0 Å². The number of hydrogen-bond donors (Lipinski definition) is 5. The van der Waals surface area contributed by atoms with E-state index < -0.39 is 32.4 Å². The molecule has 0 aliphatic rings. The Morgan fingerprint density at radius 2 is 1.71 bits per heavy atom. The summed E-state index contributed by atoms with van der Waals surface area (Å²) in [7, 11) is -4.69. The standard InChI is InChI=1S/C35H31N7O11S2/c1-4-42-34(45)27(18-36)20(3)32(35(42)46)41-38-23-8-5-21(6-9-23)33(44)37-29-13-19(2)28(17-30(29)51-12-11-43)40-39-24-10-7-22-14-25(54-53-52-47)16-31(26(22)15-24)55(48,49)50/h5-10,13-17,43,46-47H,4,11-12H2,1-3H3,(H,37,44)(H,48,49,50). The highest BCUT2D eigenvalue weighted by Gasteiger charge is 2.20. The highest BCUT2D eigenvalue weighted by Crippen LogP contribution is 2.37. The number of aryl methyl sites for hydroxylation is 1. The number of pyridine rings is 1. The van der Waals surface area contributed by atoms with Crippen LogP contribution in [-0.2, 0) is 26.0 Å². The van der Waals surface area contributed by atoms with Gasteiger partial charge in [-0.3, -0.25) is 18.7 Å². The van der Waals surface area contributed by atoms with Crippen molar-refractivity contribution in [2.45, 2.75) is 37.1 Å². The number of nitrogens with one attached hydrogen (secondary N) is 1. The number of benzene rings is 4. The number of carbonyl (C=O) groups excluding carboxylic acids is 1. The van der Waals surface area contributed by atoms with Gasteiger partial charge in [-0.15, -0.1) is 9.45 Å². The van der Waals surface area contributed by atoms with E-state index in [0.29, 0.717) is 34.4 Å². The molecule has 20 heteroatoms. The molecule has 18 nitrogen and oxygen atoms in total. The number of fused-ring (bicyclic) bond motifs is 1. The highest BCUT2D eigenvalue weighted by molar-refractivity contribution is 7.94. The number of rotatable bonds is 14. The van der Waals surface area contributed by atoms with Gasteiger partial charge in [-0.05, 0) is 86.3 Å². The Kier molecular flexibility index (Phi) is 12.7. The van der Waals surface area contributed by atoms with Gasteiger partial charge in [0, 0.05) is 34.0 Å². The van der Waals surface area contributed by atoms with Gasteiger partial charge in [0.1, 0.15) is 28.9 Å². The molecule has 1 amide bonds. The lowest BCUT2D eigenvalue weighted by atomic mass is 10.1. The molecule has 4 aromatic carbocycles. The normalized spacial score (nSPS) is 11.7. The van der Waals surface area contributed by atoms with Crippen molar-refractivity contribution in [3.05, 3.63) is 99.3 Å². The summed E-state index contributed by atoms with van der Waals surface area (Å²) in [5.74, 6) is -0.777. The monoisotopic (exact) mass is 789 g/mol. The van der Waals surface area contributed by atoms with Gasteiger partial charge >= 0.3 is 0 Å². The number of nitrogens with zero attached hydrogens (tertiary/aromatic N) is 6. The summed E-state index contributed by atoms with van der Waals surface area (Å²) in [4.78, 5) is 25.5. The molecule has 5 rings (SSSR count). The minimum absolute atomic E-state index is 0.0343. The van der Waals surface area contributed by atoms with Crippen molar-refractivity contribution in [2.24, 2.45) is 20.5 Å². The topological polar surface area (TPSA) is 267 Å². The number of anilines is 1. The van der Waals surface area contributed by atoms with E-state index in [0.717, 1.165) is 10.6 Å². The summed E-state index contributed by atoms with van der Waals surface area (Å²) in [6.07, 6.45) is 0. The molecule has 0 atom stereocenters. The molecule has 0 saturated heterocycles. The maximum atomic E-state index is 13.3. The van der Waals surface area contributed by atoms with Crippen molar-refractivity contribution >= 4 is 67.3 Å². The molecule has 5 aromatic rings. The van der Waals surface area contributed by atoms with Crippen LogP contribution in [0.5, 0.6) is 11.6 Å². The van der Waals surface area contributed by atoms with Crippen LogP contribution in [0.2, 0.25) is 0 Å². The molecule has 5 N–H and O–H groups in total. The quantitative estimate of drug-likeness (QED) is 0.0242. The molecule has 0 bridgehead atoms. The minimum atomic E-state index is -4.69. The molecule has 0 spiro atoms. The number of carbonyl (C=O) groups is 1. The molecular formula is C35H31N7O11S2. The second-order valence-corrected chi connectivity index (χ2v) is 13.6. The summed E-state index contributed by atoms with van der Waals surface area (Å²) < 4.78 is 45.3. The molecule has 0 saturated carbocycles. The first-order valence-electron chi connectivity index (χ1n) is 16.0. The number of aromatic hydroxyl groups is 1. The molecule has 284 valence electrons. The van der Waals surface area contributed by atoms with Gasteiger partial charge in [0.2, 0.25) is 5.88 Å². The average molecular weight is 790 g/mol. The zero-order valence-corrected chi connectivity index (χ0v) is 30.8. The predicted octanol–water partition coefficient (Wildman–Crippen LogP) is 7.34. The van der Waals surface area contributed by atoms with Crippen LogP contribution in [0.15, 0.2) is 102 Å². The van der Waals surface area contributed by atoms with E-state index in [1.165, 1.54) is 49.4 Å². The van der Waals surface area contributed by atoms with Gasteiger partial charge in [-0.1, -0.05) is 11.1 Å². The number of aliphatic hydroxyl groups excluding tert-OH is 1. The molecular weight excluding hydrogens is 759 g/mol. The Bertz CT molecular complexity index is 2550. The van der Waals surface area contributed by atoms with E-state index in [4.69, 9.17) is 9.99 Å². The largest absolute Gasteiger partial charge is 0.493 e. The zero-order chi connectivity index (χ0) is 39.9. The van der Waals surface area contributed by atoms with Gasteiger partial charge in [-0.2, -0.15) is 29.0 Å². The van der Waals surface area contributed by atoms with Crippen molar-refractivity contribution in [3.63, 3.8) is 0 Å². The smallest absolute Gasteiger partial charge is 0.295 e. The number of azo groups is 2. The zero-order valence-electron chi connectivity index (χ0n) is 29.1. The van der Waals surface area contributed by atoms with E-state index in [2.05, 4.69) is 35.1 Å². The summed E-state index contributed by atoms with van der Waals surface area (Å²) >= 11 is 0.520. The summed E-state index contributed by atoms with van der Waals surface area (Å²) in [6.45, 7) is 4.51. The third-order valence-corrected chi connectivity index (χ3v) is 9.41. The third kappa shape index (κ3) is 9.19. The fourth-order valence-corrected chi connectivity index (χ4v) is 6.52. The van der Waals surface area contributed by atoms with Crippen LogP contribution in [0, 0.1) is 25.2 Å². The Balaban J connectivity index is 1.38. The maximum Gasteiger partial charge on any atom is 0.295 e. The van der Waals surface area contributed by atoms with Crippen molar-refractivity contribution in [2.75, 3.05) is 18.5 Å². The number of aromatic nitrogens is 1. The van der Waals surface area contributed by atoms with Crippen molar-refractivity contribution in [1.82, 2.24) is 4.57 Å². The van der Waals surface area contributed by atoms with Crippen LogP contribution in [0.1, 0.15) is 34.0 Å². The molecule has 0 aliphatic heterocycles. The lowest BCUT2D eigenvalue weighted by molar-refractivity contribution is -0.432. The molecule has 0 aliphatic carbocycles. The van der Waals surface area contributed by atoms with Crippen molar-refractivity contribution in [3.8, 4) is 17.7 Å². The number of amides is 1. The minimum Gasteiger partial charge on any atom is -0.493 e. The second-order valence-electron chi connectivity index (χ2n) is 11.5. The summed E-state index contributed by atoms with van der Waals surface area (Å²) in [5, 5.41) is 61.4. The van der Waals surface area contributed by atoms with E-state index in [1.54, 1.807) is 32.0 Å². The van der Waals surface area contributed by atoms with E-state index in [1.807, 2.05) is 6.07 Å². The molecule has 55 heavy (non-hydrogen) atoms. The number of ether oxygens (including phenoxy) is 1. The van der Waals surface area contributed by atoms with Crippen LogP contribution >= 0.6 is 12.0 Å². The van der Waals surface area contributed by atoms with Gasteiger partial charge in [0.15, 0.2) is 5.69 Å². The Morgan fingerprint density at radius 3 is 2.36 bits per heavy atom. The Labute approximate surface area is 316 Å². The van der Waals surface area contributed by atoms with Crippen LogP contribution < -0.4 is 15.6 Å². The molecule has 1 aromatic heterocycles. The van der Waals surface area contributed by atoms with E-state index >= 15 is 0 Å². The number of nitriles is 1. The second kappa shape index (κ2) is 17.4. The average Bonchev–Trinajstić information content (AvgIpc) is 3.16. The molecule has 1 heterocycles. The lowest BCUT2D eigenvalue weighted by Crippen LogP contribution is -2.23. The number of hydrogen-bond acceptors (Lipinski definition) is 16. The highest BCUT2D eigenvalue weighted by atomic mass is 32.2. The first-order chi connectivity index (χ1) is 26.3. The van der Waals surface area contributed by atoms with Crippen LogP contribution in [0.3, 0.4) is 0 Å². The third-order valence-electron chi connectivity index (χ3n) is 7.96. The Hall–Kier alpha value is -6.05. The maximum absolute atomic E-state index is 13.3. The first kappa shape index (κ1) is 40.1. The van der Waals surface area contributed by atoms with Crippen LogP contribution in [-0.4, -0.2) is 52.1 Å². The van der Waals surface area contributed by atoms with Crippen LogP contribution in [0.25, 0.3) is 10.8 Å². The van der Waals surface area contributed by atoms with Gasteiger partial charge in [0.25, 0.3) is 21.6 Å². The fraction of sp³-hybridized carbons (Fsp3) is 0.171. The SMILES string of the molecule is CCn1c(O)c(N=Nc2ccc(C(=O)Nc3cc(C)c(N=Nc4ccc5cc(SOOO)cc(S(=O)(=O)O)c5c4)cc3OCCO)cc2)c(C)c(C#N)c1=O. The predicted molar refractivity (Wildman–Crippen MR) is 198 cm³/mol. The van der Waals surface area contributed by atoms with Gasteiger partial charge in [-0.25, -0.2) is 5.26 Å². The van der Waals surface area contributed by atoms with Gasteiger partial charge in [0.05, 0.1) is 41.4 Å². The summed E-state index contributed by atoms with van der Waals surface area (Å²) in [5.41, 5.74) is 1.27. The summed E-state index contributed by atoms with van der Waals surface area (Å²) in [6, 6.07) is 18.1. The molecule has 0 unspecified atom stereocenters. The van der Waals surface area contributed by atoms with Crippen LogP contribution in [0.4, 0.5) is 28.4 Å². The first-order valence-corrected chi connectivity index (χ1v) is 18.2. The Morgan fingerprint density at radius 1 is 1.00 bits per heavy atom. The van der Waals surface area contributed by atoms with Crippen molar-refractivity contribution in [1.29, 1.82) is 5.26 Å². The molecule has 0 fully saturated rings.